The van der Waals surface area contributed by atoms with Crippen molar-refractivity contribution in [1.29, 1.82) is 0 Å². The minimum atomic E-state index is -0.314. The lowest BCUT2D eigenvalue weighted by molar-refractivity contribution is 0.188. The summed E-state index contributed by atoms with van der Waals surface area (Å²) in [5.41, 5.74) is 7.21. The standard InChI is InChI=1S/C12H16N4O/c1-8(17)4-5-14-12-10-3-2-9(13)6-11(10)15-7-16-12/h2-3,6-8,17H,4-5,13H2,1H3,(H,14,15,16). The number of aliphatic hydroxyl groups excluding tert-OH is 1. The monoisotopic (exact) mass is 232 g/mol. The molecule has 0 spiro atoms. The van der Waals surface area contributed by atoms with Crippen molar-refractivity contribution in [3.8, 4) is 0 Å². The Morgan fingerprint density at radius 3 is 3.00 bits per heavy atom. The van der Waals surface area contributed by atoms with Crippen molar-refractivity contribution in [3.63, 3.8) is 0 Å². The van der Waals surface area contributed by atoms with Gasteiger partial charge in [-0.1, -0.05) is 0 Å². The van der Waals surface area contributed by atoms with E-state index in [-0.39, 0.29) is 6.10 Å². The summed E-state index contributed by atoms with van der Waals surface area (Å²) in [4.78, 5) is 8.35. The third-order valence-corrected chi connectivity index (χ3v) is 2.52. The van der Waals surface area contributed by atoms with Gasteiger partial charge in [-0.2, -0.15) is 0 Å². The van der Waals surface area contributed by atoms with E-state index in [0.717, 1.165) is 16.7 Å². The Hall–Kier alpha value is -1.88. The summed E-state index contributed by atoms with van der Waals surface area (Å²) in [6.45, 7) is 2.44. The van der Waals surface area contributed by atoms with Gasteiger partial charge in [0.25, 0.3) is 0 Å². The predicted octanol–water partition coefficient (Wildman–Crippen LogP) is 1.39. The maximum Gasteiger partial charge on any atom is 0.137 e. The number of hydrogen-bond donors (Lipinski definition) is 3. The van der Waals surface area contributed by atoms with Crippen LogP contribution in [-0.2, 0) is 0 Å². The number of hydrogen-bond acceptors (Lipinski definition) is 5. The van der Waals surface area contributed by atoms with E-state index in [9.17, 15) is 5.11 Å². The van der Waals surface area contributed by atoms with Crippen LogP contribution >= 0.6 is 0 Å². The van der Waals surface area contributed by atoms with Gasteiger partial charge in [-0.05, 0) is 31.5 Å². The minimum Gasteiger partial charge on any atom is -0.399 e. The molecule has 0 amide bonds. The van der Waals surface area contributed by atoms with Gasteiger partial charge < -0.3 is 16.2 Å². The van der Waals surface area contributed by atoms with Crippen LogP contribution in [0.2, 0.25) is 0 Å². The second-order valence-corrected chi connectivity index (χ2v) is 4.06. The third kappa shape index (κ3) is 2.82. The van der Waals surface area contributed by atoms with Gasteiger partial charge >= 0.3 is 0 Å². The molecule has 2 rings (SSSR count). The van der Waals surface area contributed by atoms with Gasteiger partial charge in [0.2, 0.25) is 0 Å². The number of nitrogen functional groups attached to an aromatic ring is 1. The zero-order chi connectivity index (χ0) is 12.3. The Morgan fingerprint density at radius 1 is 1.41 bits per heavy atom. The Labute approximate surface area is 99.7 Å². The number of nitrogens with one attached hydrogen (secondary N) is 1. The number of benzene rings is 1. The molecule has 0 radical (unpaired) electrons. The topological polar surface area (TPSA) is 84.1 Å². The molecule has 1 aromatic carbocycles. The Balaban J connectivity index is 2.22. The zero-order valence-electron chi connectivity index (χ0n) is 9.72. The van der Waals surface area contributed by atoms with Crippen molar-refractivity contribution >= 4 is 22.4 Å². The molecule has 1 aromatic heterocycles. The molecule has 4 N–H and O–H groups in total. The summed E-state index contributed by atoms with van der Waals surface area (Å²) < 4.78 is 0. The molecule has 5 heteroatoms. The Morgan fingerprint density at radius 2 is 2.24 bits per heavy atom. The van der Waals surface area contributed by atoms with Crippen LogP contribution in [0.3, 0.4) is 0 Å². The van der Waals surface area contributed by atoms with E-state index in [1.54, 1.807) is 6.92 Å². The van der Waals surface area contributed by atoms with Gasteiger partial charge in [-0.15, -0.1) is 0 Å². The first kappa shape index (κ1) is 11.6. The number of fused-ring (bicyclic) bond motifs is 1. The van der Waals surface area contributed by atoms with Gasteiger partial charge in [-0.25, -0.2) is 9.97 Å². The summed E-state index contributed by atoms with van der Waals surface area (Å²) in [5, 5.41) is 13.3. The number of anilines is 2. The normalized spacial score (nSPS) is 12.6. The highest BCUT2D eigenvalue weighted by Crippen LogP contribution is 2.21. The van der Waals surface area contributed by atoms with E-state index in [4.69, 9.17) is 5.73 Å². The van der Waals surface area contributed by atoms with Crippen LogP contribution in [0.1, 0.15) is 13.3 Å². The average Bonchev–Trinajstić information content (AvgIpc) is 2.28. The third-order valence-electron chi connectivity index (χ3n) is 2.52. The van der Waals surface area contributed by atoms with E-state index in [0.29, 0.717) is 18.7 Å². The molecule has 90 valence electrons. The molecule has 17 heavy (non-hydrogen) atoms. The van der Waals surface area contributed by atoms with Gasteiger partial charge in [-0.3, -0.25) is 0 Å². The molecule has 0 fully saturated rings. The fraction of sp³-hybridized carbons (Fsp3) is 0.333. The molecule has 5 nitrogen and oxygen atoms in total. The molecular weight excluding hydrogens is 216 g/mol. The van der Waals surface area contributed by atoms with Gasteiger partial charge in [0.05, 0.1) is 11.6 Å². The van der Waals surface area contributed by atoms with Crippen molar-refractivity contribution in [3.05, 3.63) is 24.5 Å². The summed E-state index contributed by atoms with van der Waals surface area (Å²) in [7, 11) is 0. The second-order valence-electron chi connectivity index (χ2n) is 4.06. The first-order valence-electron chi connectivity index (χ1n) is 5.59. The highest BCUT2D eigenvalue weighted by molar-refractivity contribution is 5.90. The maximum atomic E-state index is 9.19. The van der Waals surface area contributed by atoms with E-state index < -0.39 is 0 Å². The smallest absolute Gasteiger partial charge is 0.137 e. The first-order chi connectivity index (χ1) is 8.16. The molecule has 0 bridgehead atoms. The highest BCUT2D eigenvalue weighted by Gasteiger charge is 2.03. The number of aliphatic hydroxyl groups is 1. The van der Waals surface area contributed by atoms with E-state index >= 15 is 0 Å². The van der Waals surface area contributed by atoms with Crippen molar-refractivity contribution in [2.75, 3.05) is 17.6 Å². The van der Waals surface area contributed by atoms with Crippen LogP contribution in [0.5, 0.6) is 0 Å². The molecule has 0 aliphatic carbocycles. The van der Waals surface area contributed by atoms with Gasteiger partial charge in [0.1, 0.15) is 12.1 Å². The molecular formula is C12H16N4O. The lowest BCUT2D eigenvalue weighted by atomic mass is 10.2. The maximum absolute atomic E-state index is 9.19. The van der Waals surface area contributed by atoms with Crippen LogP contribution < -0.4 is 11.1 Å². The van der Waals surface area contributed by atoms with Crippen LogP contribution in [-0.4, -0.2) is 27.7 Å². The zero-order valence-corrected chi connectivity index (χ0v) is 9.72. The highest BCUT2D eigenvalue weighted by atomic mass is 16.3. The molecule has 1 atom stereocenters. The predicted molar refractivity (Wildman–Crippen MR) is 68.7 cm³/mol. The first-order valence-corrected chi connectivity index (χ1v) is 5.59. The van der Waals surface area contributed by atoms with E-state index in [1.165, 1.54) is 6.33 Å². The average molecular weight is 232 g/mol. The summed E-state index contributed by atoms with van der Waals surface area (Å²) >= 11 is 0. The minimum absolute atomic E-state index is 0.314. The Kier molecular flexibility index (Phi) is 3.39. The lowest BCUT2D eigenvalue weighted by Crippen LogP contribution is -2.10. The Bertz CT molecular complexity index is 513. The molecule has 0 aliphatic rings. The number of nitrogens with zero attached hydrogens (tertiary/aromatic N) is 2. The van der Waals surface area contributed by atoms with Crippen molar-refractivity contribution in [2.24, 2.45) is 0 Å². The summed E-state index contributed by atoms with van der Waals surface area (Å²) in [6, 6.07) is 5.54. The van der Waals surface area contributed by atoms with E-state index in [2.05, 4.69) is 15.3 Å². The quantitative estimate of drug-likeness (QED) is 0.694. The van der Waals surface area contributed by atoms with Crippen LogP contribution in [0.15, 0.2) is 24.5 Å². The largest absolute Gasteiger partial charge is 0.399 e. The number of rotatable bonds is 4. The molecule has 0 aliphatic heterocycles. The lowest BCUT2D eigenvalue weighted by Gasteiger charge is -2.09. The van der Waals surface area contributed by atoms with Crippen molar-refractivity contribution < 1.29 is 5.11 Å². The molecule has 1 unspecified atom stereocenters. The van der Waals surface area contributed by atoms with Crippen LogP contribution in [0.4, 0.5) is 11.5 Å². The molecule has 2 aromatic rings. The SMILES string of the molecule is CC(O)CCNc1ncnc2cc(N)ccc12. The molecule has 0 saturated carbocycles. The fourth-order valence-electron chi connectivity index (χ4n) is 1.61. The fourth-order valence-corrected chi connectivity index (χ4v) is 1.61. The van der Waals surface area contributed by atoms with Crippen LogP contribution in [0.25, 0.3) is 10.9 Å². The molecule has 1 heterocycles. The van der Waals surface area contributed by atoms with Crippen molar-refractivity contribution in [1.82, 2.24) is 9.97 Å². The summed E-state index contributed by atoms with van der Waals surface area (Å²) in [5.74, 6) is 0.774. The van der Waals surface area contributed by atoms with E-state index in [1.807, 2.05) is 18.2 Å². The second kappa shape index (κ2) is 4.97. The summed E-state index contributed by atoms with van der Waals surface area (Å²) in [6.07, 6.45) is 1.87. The van der Waals surface area contributed by atoms with Crippen molar-refractivity contribution in [2.45, 2.75) is 19.4 Å². The number of nitrogens with two attached hydrogens (primary N) is 1. The van der Waals surface area contributed by atoms with Crippen LogP contribution in [0, 0.1) is 0 Å². The molecule has 0 saturated heterocycles. The van der Waals surface area contributed by atoms with Gasteiger partial charge in [0.15, 0.2) is 0 Å². The number of aromatic nitrogens is 2. The van der Waals surface area contributed by atoms with Gasteiger partial charge in [0, 0.05) is 17.6 Å².